The molecule has 1 aromatic rings. The van der Waals surface area contributed by atoms with Crippen LogP contribution in [0.15, 0.2) is 18.2 Å². The van der Waals surface area contributed by atoms with E-state index in [0.29, 0.717) is 5.56 Å². The van der Waals surface area contributed by atoms with Gasteiger partial charge in [0.25, 0.3) is 5.91 Å². The minimum atomic E-state index is -1.61. The average Bonchev–Trinajstić information content (AvgIpc) is 2.32. The number of carboxylic acids is 1. The molecule has 0 heterocycles. The number of methoxy groups -OCH3 is 1. The van der Waals surface area contributed by atoms with Crippen molar-refractivity contribution in [2.75, 3.05) is 13.7 Å². The van der Waals surface area contributed by atoms with Crippen LogP contribution < -0.4 is 5.32 Å². The van der Waals surface area contributed by atoms with E-state index in [1.807, 2.05) is 0 Å². The van der Waals surface area contributed by atoms with Crippen LogP contribution in [0, 0.1) is 12.7 Å². The zero-order chi connectivity index (χ0) is 14.6. The Morgan fingerprint density at radius 3 is 2.63 bits per heavy atom. The van der Waals surface area contributed by atoms with Crippen LogP contribution in [0.1, 0.15) is 22.8 Å². The van der Waals surface area contributed by atoms with Crippen molar-refractivity contribution in [3.8, 4) is 0 Å². The molecule has 19 heavy (non-hydrogen) atoms. The molecule has 1 amide bonds. The van der Waals surface area contributed by atoms with E-state index >= 15 is 0 Å². The summed E-state index contributed by atoms with van der Waals surface area (Å²) in [6, 6.07) is 4.05. The Hall–Kier alpha value is -1.95. The predicted molar refractivity (Wildman–Crippen MR) is 66.5 cm³/mol. The van der Waals surface area contributed by atoms with E-state index in [-0.39, 0.29) is 12.2 Å². The SMILES string of the molecule is COCC(C)(NC(=O)c1cc(C)ccc1F)C(=O)O. The van der Waals surface area contributed by atoms with Crippen LogP contribution >= 0.6 is 0 Å². The van der Waals surface area contributed by atoms with Crippen molar-refractivity contribution in [3.05, 3.63) is 35.1 Å². The maximum atomic E-state index is 13.5. The molecule has 0 aliphatic carbocycles. The molecule has 0 saturated heterocycles. The van der Waals surface area contributed by atoms with Gasteiger partial charge in [0.2, 0.25) is 0 Å². The zero-order valence-electron chi connectivity index (χ0n) is 11.0. The summed E-state index contributed by atoms with van der Waals surface area (Å²) >= 11 is 0. The molecule has 0 aromatic heterocycles. The summed E-state index contributed by atoms with van der Waals surface area (Å²) in [4.78, 5) is 23.1. The van der Waals surface area contributed by atoms with Crippen molar-refractivity contribution in [1.82, 2.24) is 5.32 Å². The maximum absolute atomic E-state index is 13.5. The van der Waals surface area contributed by atoms with Crippen LogP contribution in [0.3, 0.4) is 0 Å². The van der Waals surface area contributed by atoms with Gasteiger partial charge in [-0.2, -0.15) is 0 Å². The molecule has 0 fully saturated rings. The third kappa shape index (κ3) is 3.51. The number of hydrogen-bond donors (Lipinski definition) is 2. The average molecular weight is 269 g/mol. The summed E-state index contributed by atoms with van der Waals surface area (Å²) in [7, 11) is 1.32. The number of carbonyl (C=O) groups excluding carboxylic acids is 1. The number of halogens is 1. The molecule has 0 radical (unpaired) electrons. The maximum Gasteiger partial charge on any atom is 0.331 e. The van der Waals surface area contributed by atoms with Crippen LogP contribution in [0.5, 0.6) is 0 Å². The molecule has 6 heteroatoms. The second-order valence-electron chi connectivity index (χ2n) is 4.51. The van der Waals surface area contributed by atoms with E-state index in [1.54, 1.807) is 6.92 Å². The summed E-state index contributed by atoms with van der Waals surface area (Å²) in [6.07, 6.45) is 0. The van der Waals surface area contributed by atoms with Gasteiger partial charge in [-0.25, -0.2) is 9.18 Å². The van der Waals surface area contributed by atoms with E-state index in [2.05, 4.69) is 5.32 Å². The van der Waals surface area contributed by atoms with Gasteiger partial charge in [0, 0.05) is 7.11 Å². The minimum Gasteiger partial charge on any atom is -0.479 e. The van der Waals surface area contributed by atoms with E-state index < -0.39 is 23.2 Å². The molecule has 5 nitrogen and oxygen atoms in total. The molecule has 1 atom stereocenters. The number of nitrogens with one attached hydrogen (secondary N) is 1. The molecule has 2 N–H and O–H groups in total. The number of rotatable bonds is 5. The molecule has 1 rings (SSSR count). The Morgan fingerprint density at radius 1 is 1.47 bits per heavy atom. The van der Waals surface area contributed by atoms with Crippen molar-refractivity contribution >= 4 is 11.9 Å². The van der Waals surface area contributed by atoms with E-state index in [9.17, 15) is 14.0 Å². The molecule has 0 saturated carbocycles. The lowest BCUT2D eigenvalue weighted by Gasteiger charge is -2.25. The fourth-order valence-corrected chi connectivity index (χ4v) is 1.57. The minimum absolute atomic E-state index is 0.191. The van der Waals surface area contributed by atoms with Crippen LogP contribution in [0.25, 0.3) is 0 Å². The zero-order valence-corrected chi connectivity index (χ0v) is 11.0. The highest BCUT2D eigenvalue weighted by Gasteiger charge is 2.35. The molecule has 1 aromatic carbocycles. The first kappa shape index (κ1) is 15.1. The van der Waals surface area contributed by atoms with Gasteiger partial charge in [0.05, 0.1) is 12.2 Å². The first-order valence-electron chi connectivity index (χ1n) is 5.61. The van der Waals surface area contributed by atoms with E-state index in [0.717, 1.165) is 0 Å². The molecule has 104 valence electrons. The van der Waals surface area contributed by atoms with Gasteiger partial charge in [-0.05, 0) is 26.0 Å². The Balaban J connectivity index is 3.00. The first-order valence-corrected chi connectivity index (χ1v) is 5.61. The lowest BCUT2D eigenvalue weighted by atomic mass is 10.0. The summed E-state index contributed by atoms with van der Waals surface area (Å²) < 4.78 is 18.3. The highest BCUT2D eigenvalue weighted by atomic mass is 19.1. The Kier molecular flexibility index (Phi) is 4.61. The third-order valence-corrected chi connectivity index (χ3v) is 2.66. The van der Waals surface area contributed by atoms with E-state index in [4.69, 9.17) is 9.84 Å². The van der Waals surface area contributed by atoms with Gasteiger partial charge in [-0.15, -0.1) is 0 Å². The number of ether oxygens (including phenoxy) is 1. The van der Waals surface area contributed by atoms with Crippen molar-refractivity contribution in [2.24, 2.45) is 0 Å². The van der Waals surface area contributed by atoms with Crippen molar-refractivity contribution in [2.45, 2.75) is 19.4 Å². The van der Waals surface area contributed by atoms with Gasteiger partial charge >= 0.3 is 5.97 Å². The lowest BCUT2D eigenvalue weighted by Crippen LogP contribution is -2.55. The second-order valence-corrected chi connectivity index (χ2v) is 4.51. The summed E-state index contributed by atoms with van der Waals surface area (Å²) in [5.74, 6) is -2.74. The largest absolute Gasteiger partial charge is 0.479 e. The summed E-state index contributed by atoms with van der Waals surface area (Å²) in [5, 5.41) is 11.4. The van der Waals surface area contributed by atoms with E-state index in [1.165, 1.54) is 32.2 Å². The Labute approximate surface area is 110 Å². The topological polar surface area (TPSA) is 75.6 Å². The van der Waals surface area contributed by atoms with Gasteiger partial charge in [0.1, 0.15) is 5.82 Å². The number of benzene rings is 1. The van der Waals surface area contributed by atoms with Gasteiger partial charge in [0.15, 0.2) is 5.54 Å². The predicted octanol–water partition coefficient (Wildman–Crippen LogP) is 1.35. The number of aliphatic carboxylic acids is 1. The third-order valence-electron chi connectivity index (χ3n) is 2.66. The number of carbonyl (C=O) groups is 2. The molecular weight excluding hydrogens is 253 g/mol. The molecular formula is C13H16FNO4. The molecule has 1 unspecified atom stereocenters. The second kappa shape index (κ2) is 5.79. The number of amides is 1. The normalized spacial score (nSPS) is 13.7. The van der Waals surface area contributed by atoms with Crippen LogP contribution in [-0.2, 0) is 9.53 Å². The van der Waals surface area contributed by atoms with Crippen molar-refractivity contribution in [1.29, 1.82) is 0 Å². The molecule has 0 bridgehead atoms. The monoisotopic (exact) mass is 269 g/mol. The fraction of sp³-hybridized carbons (Fsp3) is 0.385. The Bertz CT molecular complexity index is 503. The smallest absolute Gasteiger partial charge is 0.331 e. The van der Waals surface area contributed by atoms with Crippen LogP contribution in [0.2, 0.25) is 0 Å². The number of hydrogen-bond acceptors (Lipinski definition) is 3. The van der Waals surface area contributed by atoms with Crippen molar-refractivity contribution < 1.29 is 23.8 Å². The van der Waals surface area contributed by atoms with Gasteiger partial charge in [-0.3, -0.25) is 4.79 Å². The first-order chi connectivity index (χ1) is 8.80. The molecule has 0 aliphatic heterocycles. The highest BCUT2D eigenvalue weighted by molar-refractivity contribution is 5.98. The molecule has 0 aliphatic rings. The van der Waals surface area contributed by atoms with Crippen LogP contribution in [-0.4, -0.2) is 36.2 Å². The summed E-state index contributed by atoms with van der Waals surface area (Å²) in [6.45, 7) is 2.79. The van der Waals surface area contributed by atoms with Gasteiger partial charge < -0.3 is 15.2 Å². The fourth-order valence-electron chi connectivity index (χ4n) is 1.57. The molecule has 0 spiro atoms. The van der Waals surface area contributed by atoms with Gasteiger partial charge in [-0.1, -0.05) is 11.6 Å². The Morgan fingerprint density at radius 2 is 2.11 bits per heavy atom. The van der Waals surface area contributed by atoms with Crippen LogP contribution in [0.4, 0.5) is 4.39 Å². The summed E-state index contributed by atoms with van der Waals surface area (Å²) in [5.41, 5.74) is -1.10. The number of carboxylic acid groups (broad SMARTS) is 1. The standard InChI is InChI=1S/C13H16FNO4/c1-8-4-5-10(14)9(6-8)11(16)15-13(2,7-19-3)12(17)18/h4-6H,7H2,1-3H3,(H,15,16)(H,17,18). The van der Waals surface area contributed by atoms with Crippen molar-refractivity contribution in [3.63, 3.8) is 0 Å². The lowest BCUT2D eigenvalue weighted by molar-refractivity contribution is -0.145. The number of aryl methyl sites for hydroxylation is 1. The highest BCUT2D eigenvalue weighted by Crippen LogP contribution is 2.12. The quantitative estimate of drug-likeness (QED) is 0.846.